The Morgan fingerprint density at radius 2 is 1.81 bits per heavy atom. The summed E-state index contributed by atoms with van der Waals surface area (Å²) in [6, 6.07) is 0.144. The Morgan fingerprint density at radius 1 is 1.14 bits per heavy atom. The molecule has 2 rings (SSSR count). The van der Waals surface area contributed by atoms with Crippen LogP contribution >= 0.6 is 0 Å². The summed E-state index contributed by atoms with van der Waals surface area (Å²) in [6.07, 6.45) is 4.93. The molecule has 6 nitrogen and oxygen atoms in total. The van der Waals surface area contributed by atoms with Gasteiger partial charge in [0.05, 0.1) is 6.10 Å². The maximum atomic E-state index is 12.4. The van der Waals surface area contributed by atoms with E-state index in [0.29, 0.717) is 19.0 Å². The van der Waals surface area contributed by atoms with Gasteiger partial charge in [-0.1, -0.05) is 13.3 Å². The molecule has 2 aliphatic heterocycles. The number of hydrogen-bond acceptors (Lipinski definition) is 3. The minimum atomic E-state index is -0.937. The SMILES string of the molecule is CCCC1CCN(C(=O)N2CCC(OCC(=O)O)CC2)C1. The molecular formula is C15H26N2O4. The molecule has 120 valence electrons. The van der Waals surface area contributed by atoms with Gasteiger partial charge in [0.15, 0.2) is 0 Å². The van der Waals surface area contributed by atoms with E-state index in [1.165, 1.54) is 12.8 Å². The van der Waals surface area contributed by atoms with Gasteiger partial charge in [0, 0.05) is 26.2 Å². The molecule has 0 aromatic rings. The van der Waals surface area contributed by atoms with E-state index in [-0.39, 0.29) is 18.7 Å². The predicted molar refractivity (Wildman–Crippen MR) is 78.2 cm³/mol. The highest BCUT2D eigenvalue weighted by Crippen LogP contribution is 2.23. The third kappa shape index (κ3) is 4.59. The molecule has 0 aromatic carbocycles. The molecule has 1 N–H and O–H groups in total. The number of urea groups is 1. The van der Waals surface area contributed by atoms with Crippen LogP contribution in [-0.2, 0) is 9.53 Å². The Kier molecular flexibility index (Phi) is 5.85. The standard InChI is InChI=1S/C15H26N2O4/c1-2-3-12-4-7-17(10-12)15(20)16-8-5-13(6-9-16)21-11-14(18)19/h12-13H,2-11H2,1H3,(H,18,19). The number of nitrogens with zero attached hydrogens (tertiary/aromatic N) is 2. The number of ether oxygens (including phenoxy) is 1. The van der Waals surface area contributed by atoms with Gasteiger partial charge in [0.25, 0.3) is 0 Å². The van der Waals surface area contributed by atoms with E-state index < -0.39 is 5.97 Å². The first kappa shape index (κ1) is 16.1. The average molecular weight is 298 g/mol. The molecule has 6 heteroatoms. The van der Waals surface area contributed by atoms with Crippen molar-refractivity contribution in [3.63, 3.8) is 0 Å². The summed E-state index contributed by atoms with van der Waals surface area (Å²) in [4.78, 5) is 26.8. The molecule has 0 aliphatic carbocycles. The van der Waals surface area contributed by atoms with Gasteiger partial charge in [-0.15, -0.1) is 0 Å². The molecule has 0 spiro atoms. The summed E-state index contributed by atoms with van der Waals surface area (Å²) < 4.78 is 5.30. The molecule has 1 atom stereocenters. The van der Waals surface area contributed by atoms with Gasteiger partial charge in [-0.05, 0) is 31.6 Å². The molecule has 2 saturated heterocycles. The normalized spacial score (nSPS) is 23.6. The van der Waals surface area contributed by atoms with Crippen LogP contribution in [0.1, 0.15) is 39.0 Å². The van der Waals surface area contributed by atoms with Crippen LogP contribution in [-0.4, -0.2) is 65.8 Å². The molecular weight excluding hydrogens is 272 g/mol. The molecule has 21 heavy (non-hydrogen) atoms. The second-order valence-electron chi connectivity index (χ2n) is 6.06. The van der Waals surface area contributed by atoms with Gasteiger partial charge in [0.1, 0.15) is 6.61 Å². The Morgan fingerprint density at radius 3 is 2.43 bits per heavy atom. The zero-order valence-corrected chi connectivity index (χ0v) is 12.8. The maximum Gasteiger partial charge on any atom is 0.329 e. The summed E-state index contributed by atoms with van der Waals surface area (Å²) >= 11 is 0. The quantitative estimate of drug-likeness (QED) is 0.840. The van der Waals surface area contributed by atoms with Crippen molar-refractivity contribution in [2.75, 3.05) is 32.8 Å². The van der Waals surface area contributed by atoms with E-state index in [1.54, 1.807) is 0 Å². The Bertz CT molecular complexity index is 367. The van der Waals surface area contributed by atoms with Gasteiger partial charge < -0.3 is 19.6 Å². The lowest BCUT2D eigenvalue weighted by Crippen LogP contribution is -2.47. The number of aliphatic carboxylic acids is 1. The highest BCUT2D eigenvalue weighted by Gasteiger charge is 2.31. The lowest BCUT2D eigenvalue weighted by Gasteiger charge is -2.34. The van der Waals surface area contributed by atoms with Crippen molar-refractivity contribution in [3.05, 3.63) is 0 Å². The molecule has 2 aliphatic rings. The van der Waals surface area contributed by atoms with Crippen molar-refractivity contribution in [1.82, 2.24) is 9.80 Å². The fourth-order valence-electron chi connectivity index (χ4n) is 3.25. The van der Waals surface area contributed by atoms with Crippen molar-refractivity contribution in [1.29, 1.82) is 0 Å². The van der Waals surface area contributed by atoms with Crippen molar-refractivity contribution < 1.29 is 19.4 Å². The molecule has 0 bridgehead atoms. The van der Waals surface area contributed by atoms with Crippen LogP contribution in [0, 0.1) is 5.92 Å². The maximum absolute atomic E-state index is 12.4. The Balaban J connectivity index is 1.72. The largest absolute Gasteiger partial charge is 0.480 e. The van der Waals surface area contributed by atoms with E-state index >= 15 is 0 Å². The first-order valence-corrected chi connectivity index (χ1v) is 7.97. The number of carbonyl (C=O) groups is 2. The summed E-state index contributed by atoms with van der Waals surface area (Å²) in [6.45, 7) is 5.03. The van der Waals surface area contributed by atoms with Gasteiger partial charge >= 0.3 is 12.0 Å². The molecule has 1 unspecified atom stereocenters. The van der Waals surface area contributed by atoms with Gasteiger partial charge in [-0.25, -0.2) is 9.59 Å². The first-order chi connectivity index (χ1) is 10.1. The van der Waals surface area contributed by atoms with E-state index in [1.807, 2.05) is 9.80 Å². The number of hydrogen-bond donors (Lipinski definition) is 1. The van der Waals surface area contributed by atoms with Crippen LogP contribution in [0.3, 0.4) is 0 Å². The van der Waals surface area contributed by atoms with Crippen LogP contribution in [0.2, 0.25) is 0 Å². The summed E-state index contributed by atoms with van der Waals surface area (Å²) in [7, 11) is 0. The van der Waals surface area contributed by atoms with E-state index in [4.69, 9.17) is 9.84 Å². The molecule has 0 radical (unpaired) electrons. The zero-order valence-electron chi connectivity index (χ0n) is 12.8. The van der Waals surface area contributed by atoms with Gasteiger partial charge in [-0.3, -0.25) is 0 Å². The average Bonchev–Trinajstić information content (AvgIpc) is 2.94. The second-order valence-corrected chi connectivity index (χ2v) is 6.06. The van der Waals surface area contributed by atoms with Crippen molar-refractivity contribution >= 4 is 12.0 Å². The third-order valence-corrected chi connectivity index (χ3v) is 4.41. The number of piperidine rings is 1. The van der Waals surface area contributed by atoms with Crippen LogP contribution in [0.4, 0.5) is 4.79 Å². The summed E-state index contributed by atoms with van der Waals surface area (Å²) in [5.74, 6) is -0.275. The van der Waals surface area contributed by atoms with E-state index in [0.717, 1.165) is 32.4 Å². The van der Waals surface area contributed by atoms with Crippen LogP contribution in [0.25, 0.3) is 0 Å². The predicted octanol–water partition coefficient (Wildman–Crippen LogP) is 1.79. The Labute approximate surface area is 126 Å². The van der Waals surface area contributed by atoms with Crippen molar-refractivity contribution in [2.45, 2.75) is 45.1 Å². The number of carbonyl (C=O) groups excluding carboxylic acids is 1. The fraction of sp³-hybridized carbons (Fsp3) is 0.867. The molecule has 2 amide bonds. The summed E-state index contributed by atoms with van der Waals surface area (Å²) in [5.41, 5.74) is 0. The third-order valence-electron chi connectivity index (χ3n) is 4.41. The molecule has 2 heterocycles. The fourth-order valence-corrected chi connectivity index (χ4v) is 3.25. The minimum absolute atomic E-state index is 0.0310. The minimum Gasteiger partial charge on any atom is -0.480 e. The van der Waals surface area contributed by atoms with Crippen molar-refractivity contribution in [2.24, 2.45) is 5.92 Å². The summed E-state index contributed by atoms with van der Waals surface area (Å²) in [5, 5.41) is 8.60. The molecule has 0 saturated carbocycles. The van der Waals surface area contributed by atoms with Crippen LogP contribution < -0.4 is 0 Å². The zero-order chi connectivity index (χ0) is 15.2. The number of rotatable bonds is 5. The lowest BCUT2D eigenvalue weighted by atomic mass is 10.0. The second kappa shape index (κ2) is 7.64. The highest BCUT2D eigenvalue weighted by molar-refractivity contribution is 5.74. The van der Waals surface area contributed by atoms with Gasteiger partial charge in [-0.2, -0.15) is 0 Å². The highest BCUT2D eigenvalue weighted by atomic mass is 16.5. The number of likely N-dealkylation sites (tertiary alicyclic amines) is 2. The number of carboxylic acid groups (broad SMARTS) is 1. The molecule has 0 aromatic heterocycles. The lowest BCUT2D eigenvalue weighted by molar-refractivity contribution is -0.145. The monoisotopic (exact) mass is 298 g/mol. The van der Waals surface area contributed by atoms with E-state index in [2.05, 4.69) is 6.92 Å². The van der Waals surface area contributed by atoms with Gasteiger partial charge in [0.2, 0.25) is 0 Å². The number of carboxylic acids is 1. The van der Waals surface area contributed by atoms with Crippen molar-refractivity contribution in [3.8, 4) is 0 Å². The Hall–Kier alpha value is -1.30. The first-order valence-electron chi connectivity index (χ1n) is 7.97. The van der Waals surface area contributed by atoms with E-state index in [9.17, 15) is 9.59 Å². The van der Waals surface area contributed by atoms with Crippen LogP contribution in [0.15, 0.2) is 0 Å². The van der Waals surface area contributed by atoms with Crippen LogP contribution in [0.5, 0.6) is 0 Å². The smallest absolute Gasteiger partial charge is 0.329 e. The topological polar surface area (TPSA) is 70.1 Å². The molecule has 2 fully saturated rings. The number of amides is 2.